The van der Waals surface area contributed by atoms with Crippen LogP contribution in [-0.4, -0.2) is 0 Å². The first-order valence-corrected chi connectivity index (χ1v) is 5.49. The van der Waals surface area contributed by atoms with Gasteiger partial charge in [0.25, 0.3) is 0 Å². The van der Waals surface area contributed by atoms with Crippen molar-refractivity contribution in [2.75, 3.05) is 0 Å². The molecular formula is C15H18O. The zero-order chi connectivity index (χ0) is 11.8. The van der Waals surface area contributed by atoms with Crippen molar-refractivity contribution in [1.29, 1.82) is 0 Å². The Bertz CT molecular complexity index is 411. The standard InChI is InChI=1S/C15H18O/c1-4-7-13-9-10-14(8-5-2)15(12-13)16-11-6-3/h4-12H,1-3H3. The van der Waals surface area contributed by atoms with E-state index < -0.39 is 0 Å². The topological polar surface area (TPSA) is 9.23 Å². The number of hydrogen-bond donors (Lipinski definition) is 0. The first kappa shape index (κ1) is 12.3. The van der Waals surface area contributed by atoms with Gasteiger partial charge in [-0.05, 0) is 32.4 Å². The van der Waals surface area contributed by atoms with Gasteiger partial charge in [-0.25, -0.2) is 0 Å². The molecule has 0 aromatic heterocycles. The van der Waals surface area contributed by atoms with Gasteiger partial charge in [0.05, 0.1) is 6.26 Å². The second-order valence-electron chi connectivity index (χ2n) is 3.38. The van der Waals surface area contributed by atoms with Crippen molar-refractivity contribution in [1.82, 2.24) is 0 Å². The highest BCUT2D eigenvalue weighted by Gasteiger charge is 2.00. The molecule has 0 N–H and O–H groups in total. The van der Waals surface area contributed by atoms with Crippen molar-refractivity contribution >= 4 is 12.2 Å². The van der Waals surface area contributed by atoms with E-state index in [9.17, 15) is 0 Å². The molecule has 84 valence electrons. The highest BCUT2D eigenvalue weighted by molar-refractivity contribution is 5.62. The van der Waals surface area contributed by atoms with E-state index in [0.29, 0.717) is 0 Å². The van der Waals surface area contributed by atoms with Crippen molar-refractivity contribution in [2.45, 2.75) is 20.8 Å². The summed E-state index contributed by atoms with van der Waals surface area (Å²) in [4.78, 5) is 0. The highest BCUT2D eigenvalue weighted by atomic mass is 16.5. The third-order valence-corrected chi connectivity index (χ3v) is 2.07. The van der Waals surface area contributed by atoms with Crippen molar-refractivity contribution in [3.63, 3.8) is 0 Å². The van der Waals surface area contributed by atoms with E-state index >= 15 is 0 Å². The summed E-state index contributed by atoms with van der Waals surface area (Å²) in [5.41, 5.74) is 2.24. The van der Waals surface area contributed by atoms with Gasteiger partial charge in [0.15, 0.2) is 0 Å². The summed E-state index contributed by atoms with van der Waals surface area (Å²) in [6, 6.07) is 6.18. The second kappa shape index (κ2) is 6.67. The Kier molecular flexibility index (Phi) is 5.13. The number of ether oxygens (including phenoxy) is 1. The van der Waals surface area contributed by atoms with Gasteiger partial charge in [0.2, 0.25) is 0 Å². The smallest absolute Gasteiger partial charge is 0.134 e. The van der Waals surface area contributed by atoms with Crippen LogP contribution in [0.1, 0.15) is 31.9 Å². The third-order valence-electron chi connectivity index (χ3n) is 2.07. The molecule has 0 saturated heterocycles. The van der Waals surface area contributed by atoms with E-state index in [0.717, 1.165) is 16.9 Å². The number of hydrogen-bond acceptors (Lipinski definition) is 1. The summed E-state index contributed by atoms with van der Waals surface area (Å²) < 4.78 is 5.56. The lowest BCUT2D eigenvalue weighted by molar-refractivity contribution is 0.479. The molecule has 1 aromatic rings. The fourth-order valence-corrected chi connectivity index (χ4v) is 1.41. The minimum Gasteiger partial charge on any atom is -0.465 e. The Hall–Kier alpha value is -1.76. The van der Waals surface area contributed by atoms with Gasteiger partial charge < -0.3 is 4.74 Å². The molecule has 0 spiro atoms. The fourth-order valence-electron chi connectivity index (χ4n) is 1.41. The lowest BCUT2D eigenvalue weighted by Crippen LogP contribution is -1.87. The third kappa shape index (κ3) is 3.43. The van der Waals surface area contributed by atoms with Crippen LogP contribution in [0.3, 0.4) is 0 Å². The van der Waals surface area contributed by atoms with Gasteiger partial charge in [0, 0.05) is 5.56 Å². The molecule has 1 nitrogen and oxygen atoms in total. The van der Waals surface area contributed by atoms with Gasteiger partial charge in [-0.15, -0.1) is 0 Å². The van der Waals surface area contributed by atoms with Crippen LogP contribution in [0.4, 0.5) is 0 Å². The van der Waals surface area contributed by atoms with Gasteiger partial charge in [-0.1, -0.05) is 42.5 Å². The largest absolute Gasteiger partial charge is 0.465 e. The van der Waals surface area contributed by atoms with Crippen molar-refractivity contribution in [3.8, 4) is 5.75 Å². The molecule has 0 unspecified atom stereocenters. The molecule has 1 heteroatoms. The predicted octanol–water partition coefficient (Wildman–Crippen LogP) is 4.67. The Morgan fingerprint density at radius 3 is 2.31 bits per heavy atom. The summed E-state index contributed by atoms with van der Waals surface area (Å²) in [6.07, 6.45) is 11.7. The zero-order valence-corrected chi connectivity index (χ0v) is 10.1. The predicted molar refractivity (Wildman–Crippen MR) is 71.3 cm³/mol. The van der Waals surface area contributed by atoms with Crippen LogP contribution in [0, 0.1) is 0 Å². The van der Waals surface area contributed by atoms with E-state index in [-0.39, 0.29) is 0 Å². The molecular weight excluding hydrogens is 196 g/mol. The van der Waals surface area contributed by atoms with Gasteiger partial charge in [-0.2, -0.15) is 0 Å². The van der Waals surface area contributed by atoms with Crippen molar-refractivity contribution in [3.05, 3.63) is 53.8 Å². The maximum Gasteiger partial charge on any atom is 0.134 e. The van der Waals surface area contributed by atoms with Crippen LogP contribution in [0.15, 0.2) is 42.7 Å². The molecule has 16 heavy (non-hydrogen) atoms. The van der Waals surface area contributed by atoms with Gasteiger partial charge in [-0.3, -0.25) is 0 Å². The molecule has 0 fully saturated rings. The molecule has 0 bridgehead atoms. The lowest BCUT2D eigenvalue weighted by atomic mass is 10.1. The molecule has 0 saturated carbocycles. The Labute approximate surface area is 97.8 Å². The molecule has 1 aromatic carbocycles. The number of benzene rings is 1. The van der Waals surface area contributed by atoms with Crippen molar-refractivity contribution in [2.24, 2.45) is 0 Å². The molecule has 0 aliphatic heterocycles. The Morgan fingerprint density at radius 2 is 1.69 bits per heavy atom. The Morgan fingerprint density at radius 1 is 0.938 bits per heavy atom. The normalized spacial score (nSPS) is 11.9. The number of rotatable bonds is 4. The summed E-state index contributed by atoms with van der Waals surface area (Å²) in [5.74, 6) is 0.881. The molecule has 1 rings (SSSR count). The van der Waals surface area contributed by atoms with Crippen LogP contribution in [0.25, 0.3) is 12.2 Å². The van der Waals surface area contributed by atoms with Crippen LogP contribution in [-0.2, 0) is 0 Å². The van der Waals surface area contributed by atoms with E-state index in [2.05, 4.69) is 18.2 Å². The second-order valence-corrected chi connectivity index (χ2v) is 3.38. The van der Waals surface area contributed by atoms with Crippen LogP contribution in [0.5, 0.6) is 5.75 Å². The summed E-state index contributed by atoms with van der Waals surface area (Å²) in [7, 11) is 0. The SMILES string of the molecule is CC=COc1cc(C=CC)ccc1C=CC. The maximum absolute atomic E-state index is 5.56. The van der Waals surface area contributed by atoms with Gasteiger partial charge >= 0.3 is 0 Å². The number of allylic oxidation sites excluding steroid dienone is 3. The van der Waals surface area contributed by atoms with E-state index in [1.807, 2.05) is 51.1 Å². The van der Waals surface area contributed by atoms with Gasteiger partial charge in [0.1, 0.15) is 5.75 Å². The summed E-state index contributed by atoms with van der Waals surface area (Å²) >= 11 is 0. The maximum atomic E-state index is 5.56. The fraction of sp³-hybridized carbons (Fsp3) is 0.200. The van der Waals surface area contributed by atoms with E-state index in [1.165, 1.54) is 0 Å². The first-order valence-electron chi connectivity index (χ1n) is 5.49. The molecule has 0 aliphatic rings. The van der Waals surface area contributed by atoms with Crippen LogP contribution < -0.4 is 4.74 Å². The average molecular weight is 214 g/mol. The molecule has 0 aliphatic carbocycles. The molecule has 0 heterocycles. The minimum atomic E-state index is 0.881. The van der Waals surface area contributed by atoms with Crippen molar-refractivity contribution < 1.29 is 4.74 Å². The highest BCUT2D eigenvalue weighted by Crippen LogP contribution is 2.23. The quantitative estimate of drug-likeness (QED) is 0.662. The zero-order valence-electron chi connectivity index (χ0n) is 10.1. The lowest BCUT2D eigenvalue weighted by Gasteiger charge is -2.06. The average Bonchev–Trinajstić information content (AvgIpc) is 2.30. The van der Waals surface area contributed by atoms with E-state index in [1.54, 1.807) is 6.26 Å². The minimum absolute atomic E-state index is 0.881. The molecule has 0 radical (unpaired) electrons. The van der Waals surface area contributed by atoms with Crippen LogP contribution >= 0.6 is 0 Å². The van der Waals surface area contributed by atoms with Crippen LogP contribution in [0.2, 0.25) is 0 Å². The summed E-state index contributed by atoms with van der Waals surface area (Å²) in [6.45, 7) is 5.94. The molecule has 0 amide bonds. The molecule has 0 atom stereocenters. The first-order chi connectivity index (χ1) is 7.81. The summed E-state index contributed by atoms with van der Waals surface area (Å²) in [5, 5.41) is 0. The monoisotopic (exact) mass is 214 g/mol. The van der Waals surface area contributed by atoms with E-state index in [4.69, 9.17) is 4.74 Å². The Balaban J connectivity index is 3.09.